The van der Waals surface area contributed by atoms with E-state index in [0.717, 1.165) is 19.2 Å². The van der Waals surface area contributed by atoms with Gasteiger partial charge in [-0.25, -0.2) is 4.79 Å². The number of benzene rings is 1. The fraction of sp³-hybridized carbons (Fsp3) is 0.125. The predicted molar refractivity (Wildman–Crippen MR) is 48.2 cm³/mol. The Hall–Kier alpha value is -0.0187. The second kappa shape index (κ2) is 6.06. The van der Waals surface area contributed by atoms with Crippen LogP contribution in [0.15, 0.2) is 18.2 Å². The average Bonchev–Trinajstić information content (AvgIpc) is 2.14. The number of rotatable bonds is 2. The number of esters is 1. The molecule has 0 saturated heterocycles. The van der Waals surface area contributed by atoms with Crippen molar-refractivity contribution in [1.29, 1.82) is 0 Å². The van der Waals surface area contributed by atoms with Gasteiger partial charge in [0.1, 0.15) is 0 Å². The zero-order valence-corrected chi connectivity index (χ0v) is 11.8. The van der Waals surface area contributed by atoms with Crippen LogP contribution in [0.3, 0.4) is 0 Å². The summed E-state index contributed by atoms with van der Waals surface area (Å²) in [4.78, 5) is 10.9. The zero-order valence-electron chi connectivity index (χ0n) is 8.71. The first-order valence-electron chi connectivity index (χ1n) is 3.97. The van der Waals surface area contributed by atoms with E-state index in [-0.39, 0.29) is 56.9 Å². The Balaban J connectivity index is 0.00000225. The molecule has 1 aromatic carbocycles. The molecule has 0 unspecified atom stereocenters. The van der Waals surface area contributed by atoms with Gasteiger partial charge in [0.2, 0.25) is 0 Å². The second-order valence-electron chi connectivity index (χ2n) is 2.84. The van der Waals surface area contributed by atoms with E-state index in [9.17, 15) is 17.7 Å². The molecule has 1 N–H and O–H groups in total. The number of carbonyl (C=O) groups excluding carboxylic acids is 1. The van der Waals surface area contributed by atoms with E-state index in [1.807, 2.05) is 0 Å². The van der Waals surface area contributed by atoms with E-state index < -0.39 is 24.2 Å². The molecule has 0 bridgehead atoms. The van der Waals surface area contributed by atoms with Gasteiger partial charge in [0.15, 0.2) is 0 Å². The number of ether oxygens (including phenoxy) is 1. The Kier molecular flexibility index (Phi) is 6.05. The van der Waals surface area contributed by atoms with Gasteiger partial charge in [-0.05, 0) is 6.07 Å². The number of carbonyl (C=O) groups is 1. The Morgan fingerprint density at radius 2 is 1.94 bits per heavy atom. The number of hydrogen-bond donors (Lipinski definition) is 1. The SMILES string of the molecule is COC(=O)c1ccc([B-](F)(F)F)c(O)c1.[K+]. The van der Waals surface area contributed by atoms with Crippen LogP contribution in [0, 0.1) is 0 Å². The van der Waals surface area contributed by atoms with Gasteiger partial charge in [-0.15, -0.1) is 0 Å². The standard InChI is InChI=1S/C8H7BF3O3.K/c1-15-8(14)5-2-3-6(7(13)4-5)9(10,11)12;/h2-4,13H,1H3;/q-1;+1. The largest absolute Gasteiger partial charge is 1.00 e. The summed E-state index contributed by atoms with van der Waals surface area (Å²) >= 11 is 0. The van der Waals surface area contributed by atoms with Crippen LogP contribution in [0.2, 0.25) is 0 Å². The van der Waals surface area contributed by atoms with E-state index in [0.29, 0.717) is 6.07 Å². The molecule has 0 fully saturated rings. The van der Waals surface area contributed by atoms with E-state index in [4.69, 9.17) is 5.11 Å². The van der Waals surface area contributed by atoms with Crippen LogP contribution in [0.4, 0.5) is 12.9 Å². The molecule has 0 amide bonds. The van der Waals surface area contributed by atoms with Gasteiger partial charge >= 0.3 is 64.3 Å². The molecule has 0 aliphatic heterocycles. The Bertz CT molecular complexity index is 395. The van der Waals surface area contributed by atoms with E-state index >= 15 is 0 Å². The molecular weight excluding hydrogens is 251 g/mol. The third kappa shape index (κ3) is 3.78. The summed E-state index contributed by atoms with van der Waals surface area (Å²) < 4.78 is 41.0. The molecule has 0 aliphatic rings. The van der Waals surface area contributed by atoms with Crippen LogP contribution < -0.4 is 56.8 Å². The molecule has 0 aromatic heterocycles. The number of hydrogen-bond acceptors (Lipinski definition) is 3. The third-order valence-electron chi connectivity index (χ3n) is 1.80. The molecule has 0 saturated carbocycles. The second-order valence-corrected chi connectivity index (χ2v) is 2.84. The fourth-order valence-corrected chi connectivity index (χ4v) is 1.07. The molecule has 0 atom stereocenters. The van der Waals surface area contributed by atoms with Crippen LogP contribution in [0.5, 0.6) is 5.75 Å². The van der Waals surface area contributed by atoms with Gasteiger partial charge in [-0.2, -0.15) is 0 Å². The van der Waals surface area contributed by atoms with Gasteiger partial charge < -0.3 is 22.8 Å². The Morgan fingerprint density at radius 1 is 1.38 bits per heavy atom. The van der Waals surface area contributed by atoms with Crippen molar-refractivity contribution in [2.24, 2.45) is 0 Å². The molecule has 0 heterocycles. The van der Waals surface area contributed by atoms with E-state index in [2.05, 4.69) is 4.74 Å². The number of halogens is 3. The quantitative estimate of drug-likeness (QED) is 0.505. The molecule has 3 nitrogen and oxygen atoms in total. The van der Waals surface area contributed by atoms with Crippen LogP contribution in [0.1, 0.15) is 10.4 Å². The van der Waals surface area contributed by atoms with Gasteiger partial charge in [0, 0.05) is 0 Å². The smallest absolute Gasteiger partial charge is 0.511 e. The summed E-state index contributed by atoms with van der Waals surface area (Å²) in [5, 5.41) is 9.06. The van der Waals surface area contributed by atoms with Crippen LogP contribution in [-0.2, 0) is 4.74 Å². The minimum absolute atomic E-state index is 0. The molecule has 1 rings (SSSR count). The van der Waals surface area contributed by atoms with Crippen molar-refractivity contribution in [3.8, 4) is 5.75 Å². The van der Waals surface area contributed by atoms with E-state index in [1.54, 1.807) is 0 Å². The molecule has 0 aliphatic carbocycles. The van der Waals surface area contributed by atoms with Crippen molar-refractivity contribution < 1.29 is 79.0 Å². The maximum Gasteiger partial charge on any atom is 1.00 e. The van der Waals surface area contributed by atoms with Gasteiger partial charge in [0.25, 0.3) is 0 Å². The Labute approximate surface area is 132 Å². The van der Waals surface area contributed by atoms with Gasteiger partial charge in [-0.3, -0.25) is 0 Å². The minimum Gasteiger partial charge on any atom is -0.511 e. The topological polar surface area (TPSA) is 46.5 Å². The molecule has 8 heteroatoms. The van der Waals surface area contributed by atoms with E-state index in [1.165, 1.54) is 0 Å². The molecule has 0 spiro atoms. The predicted octanol–water partition coefficient (Wildman–Crippen LogP) is -1.76. The van der Waals surface area contributed by atoms with Crippen LogP contribution >= 0.6 is 0 Å². The maximum absolute atomic E-state index is 12.2. The summed E-state index contributed by atoms with van der Waals surface area (Å²) in [5.41, 5.74) is -1.25. The van der Waals surface area contributed by atoms with Crippen LogP contribution in [-0.4, -0.2) is 25.2 Å². The number of phenols is 1. The number of methoxy groups -OCH3 is 1. The molecule has 82 valence electrons. The molecule has 1 aromatic rings. The van der Waals surface area contributed by atoms with Crippen molar-refractivity contribution in [3.63, 3.8) is 0 Å². The first kappa shape index (κ1) is 16.0. The minimum atomic E-state index is -5.27. The normalized spacial score (nSPS) is 10.5. The third-order valence-corrected chi connectivity index (χ3v) is 1.80. The summed E-state index contributed by atoms with van der Waals surface area (Å²) in [5.74, 6) is -1.77. The molecule has 16 heavy (non-hydrogen) atoms. The van der Waals surface area contributed by atoms with Crippen molar-refractivity contribution >= 4 is 18.4 Å². The summed E-state index contributed by atoms with van der Waals surface area (Å²) in [7, 11) is 1.10. The Morgan fingerprint density at radius 3 is 2.31 bits per heavy atom. The summed E-state index contributed by atoms with van der Waals surface area (Å²) in [6, 6.07) is 2.34. The maximum atomic E-state index is 12.2. The van der Waals surface area contributed by atoms with Crippen LogP contribution in [0.25, 0.3) is 0 Å². The average molecular weight is 258 g/mol. The molecule has 0 radical (unpaired) electrons. The van der Waals surface area contributed by atoms with Crippen molar-refractivity contribution in [2.75, 3.05) is 7.11 Å². The van der Waals surface area contributed by atoms with Gasteiger partial charge in [0.05, 0.1) is 18.4 Å². The summed E-state index contributed by atoms with van der Waals surface area (Å²) in [6.45, 7) is -5.27. The fourth-order valence-electron chi connectivity index (χ4n) is 1.07. The number of phenolic OH excluding ortho intramolecular Hbond substituents is 1. The number of aromatic hydroxyl groups is 1. The van der Waals surface area contributed by atoms with Gasteiger partial charge in [-0.1, -0.05) is 17.6 Å². The first-order chi connectivity index (χ1) is 6.86. The first-order valence-corrected chi connectivity index (χ1v) is 3.97. The van der Waals surface area contributed by atoms with Crippen molar-refractivity contribution in [1.82, 2.24) is 0 Å². The zero-order chi connectivity index (χ0) is 11.6. The van der Waals surface area contributed by atoms with Crippen molar-refractivity contribution in [3.05, 3.63) is 23.8 Å². The summed E-state index contributed by atoms with van der Waals surface area (Å²) in [6.07, 6.45) is 0. The molecular formula is C8H7BF3KO3. The van der Waals surface area contributed by atoms with Crippen molar-refractivity contribution in [2.45, 2.75) is 0 Å². The monoisotopic (exact) mass is 258 g/mol.